The number of rotatable bonds is 7. The monoisotopic (exact) mass is 414 g/mol. The number of hydrogen-bond acceptors (Lipinski definition) is 3. The zero-order chi connectivity index (χ0) is 21.6. The molecule has 31 heavy (non-hydrogen) atoms. The fraction of sp³-hybridized carbons (Fsp3) is 0.154. The predicted octanol–water partition coefficient (Wildman–Crippen LogP) is 5.96. The minimum Gasteiger partial charge on any atom is -0.441 e. The second-order valence-corrected chi connectivity index (χ2v) is 7.38. The van der Waals surface area contributed by atoms with Gasteiger partial charge in [-0.25, -0.2) is 9.37 Å². The molecule has 0 fully saturated rings. The number of halogens is 1. The van der Waals surface area contributed by atoms with Crippen LogP contribution in [0.3, 0.4) is 0 Å². The van der Waals surface area contributed by atoms with Crippen LogP contribution in [0.2, 0.25) is 0 Å². The Hall–Kier alpha value is -3.73. The summed E-state index contributed by atoms with van der Waals surface area (Å²) in [6.07, 6.45) is 2.08. The molecule has 1 atom stereocenters. The Kier molecular flexibility index (Phi) is 6.22. The van der Waals surface area contributed by atoms with E-state index in [0.29, 0.717) is 23.6 Å². The van der Waals surface area contributed by atoms with E-state index in [1.165, 1.54) is 12.3 Å². The number of nitrogens with one attached hydrogen (secondary N) is 1. The number of benzene rings is 3. The van der Waals surface area contributed by atoms with Crippen molar-refractivity contribution in [2.45, 2.75) is 25.8 Å². The molecule has 1 heterocycles. The Balaban J connectivity index is 1.31. The molecule has 0 aliphatic carbocycles. The lowest BCUT2D eigenvalue weighted by Crippen LogP contribution is -2.26. The van der Waals surface area contributed by atoms with Crippen molar-refractivity contribution in [1.29, 1.82) is 0 Å². The summed E-state index contributed by atoms with van der Waals surface area (Å²) in [5.74, 6) is 0.314. The van der Waals surface area contributed by atoms with Gasteiger partial charge >= 0.3 is 0 Å². The third-order valence-electron chi connectivity index (χ3n) is 5.15. The number of nitrogens with zero attached hydrogens (tertiary/aromatic N) is 1. The van der Waals surface area contributed by atoms with Crippen LogP contribution >= 0.6 is 0 Å². The van der Waals surface area contributed by atoms with Crippen LogP contribution in [0.25, 0.3) is 22.5 Å². The van der Waals surface area contributed by atoms with Crippen LogP contribution in [0.4, 0.5) is 4.39 Å². The Morgan fingerprint density at radius 2 is 1.65 bits per heavy atom. The molecule has 3 aromatic carbocycles. The molecule has 156 valence electrons. The van der Waals surface area contributed by atoms with Crippen LogP contribution in [-0.4, -0.2) is 10.9 Å². The number of oxazole rings is 1. The summed E-state index contributed by atoms with van der Waals surface area (Å²) < 4.78 is 19.5. The highest BCUT2D eigenvalue weighted by atomic mass is 19.1. The molecule has 4 rings (SSSR count). The van der Waals surface area contributed by atoms with Gasteiger partial charge in [0.05, 0.1) is 17.8 Å². The first-order valence-electron chi connectivity index (χ1n) is 10.2. The van der Waals surface area contributed by atoms with Crippen molar-refractivity contribution in [2.75, 3.05) is 0 Å². The van der Waals surface area contributed by atoms with Crippen molar-refractivity contribution >= 4 is 5.91 Å². The minimum absolute atomic E-state index is 0.0923. The first kappa shape index (κ1) is 20.5. The Morgan fingerprint density at radius 3 is 2.39 bits per heavy atom. The molecule has 1 unspecified atom stereocenters. The van der Waals surface area contributed by atoms with Gasteiger partial charge in [-0.15, -0.1) is 0 Å². The highest BCUT2D eigenvalue weighted by Crippen LogP contribution is 2.24. The SMILES string of the molecule is CC(NC(=O)CCc1ncc(-c2ccccc2F)o1)c1ccc(-c2ccccc2)cc1. The maximum absolute atomic E-state index is 13.9. The van der Waals surface area contributed by atoms with Crippen LogP contribution in [-0.2, 0) is 11.2 Å². The predicted molar refractivity (Wildman–Crippen MR) is 119 cm³/mol. The van der Waals surface area contributed by atoms with Crippen molar-refractivity contribution in [1.82, 2.24) is 10.3 Å². The van der Waals surface area contributed by atoms with Crippen LogP contribution in [0.5, 0.6) is 0 Å². The fourth-order valence-corrected chi connectivity index (χ4v) is 3.42. The van der Waals surface area contributed by atoms with E-state index < -0.39 is 0 Å². The Labute approximate surface area is 180 Å². The highest BCUT2D eigenvalue weighted by Gasteiger charge is 2.14. The van der Waals surface area contributed by atoms with Gasteiger partial charge in [-0.05, 0) is 35.7 Å². The zero-order valence-electron chi connectivity index (χ0n) is 17.2. The third-order valence-corrected chi connectivity index (χ3v) is 5.15. The largest absolute Gasteiger partial charge is 0.441 e. The van der Waals surface area contributed by atoms with E-state index in [0.717, 1.165) is 16.7 Å². The molecule has 0 aliphatic heterocycles. The number of hydrogen-bond donors (Lipinski definition) is 1. The van der Waals surface area contributed by atoms with Crippen molar-refractivity contribution in [3.05, 3.63) is 102 Å². The number of carbonyl (C=O) groups excluding carboxylic acids is 1. The van der Waals surface area contributed by atoms with Gasteiger partial charge in [0.2, 0.25) is 5.91 Å². The Bertz CT molecular complexity index is 1150. The molecule has 4 nitrogen and oxygen atoms in total. The van der Waals surface area contributed by atoms with E-state index in [9.17, 15) is 9.18 Å². The first-order chi connectivity index (χ1) is 15.1. The Morgan fingerprint density at radius 1 is 0.968 bits per heavy atom. The normalized spacial score (nSPS) is 11.8. The molecule has 0 aliphatic rings. The lowest BCUT2D eigenvalue weighted by atomic mass is 10.0. The average molecular weight is 414 g/mol. The molecular formula is C26H23FN2O2. The van der Waals surface area contributed by atoms with Crippen molar-refractivity contribution in [3.8, 4) is 22.5 Å². The van der Waals surface area contributed by atoms with Crippen molar-refractivity contribution < 1.29 is 13.6 Å². The lowest BCUT2D eigenvalue weighted by Gasteiger charge is -2.15. The van der Waals surface area contributed by atoms with Gasteiger partial charge in [-0.1, -0.05) is 66.7 Å². The summed E-state index contributed by atoms with van der Waals surface area (Å²) in [6.45, 7) is 1.96. The van der Waals surface area contributed by atoms with E-state index in [2.05, 4.69) is 34.6 Å². The zero-order valence-corrected chi connectivity index (χ0v) is 17.2. The van der Waals surface area contributed by atoms with Gasteiger partial charge in [0.1, 0.15) is 5.82 Å². The van der Waals surface area contributed by atoms with Gasteiger partial charge in [0.25, 0.3) is 0 Å². The summed E-state index contributed by atoms with van der Waals surface area (Å²) in [7, 11) is 0. The molecule has 1 N–H and O–H groups in total. The summed E-state index contributed by atoms with van der Waals surface area (Å²) in [6, 6.07) is 24.6. The van der Waals surface area contributed by atoms with Crippen LogP contribution < -0.4 is 5.32 Å². The molecule has 5 heteroatoms. The summed E-state index contributed by atoms with van der Waals surface area (Å²) in [4.78, 5) is 16.5. The van der Waals surface area contributed by atoms with E-state index >= 15 is 0 Å². The minimum atomic E-state index is -0.366. The molecule has 4 aromatic rings. The average Bonchev–Trinajstić information content (AvgIpc) is 3.27. The second-order valence-electron chi connectivity index (χ2n) is 7.38. The summed E-state index contributed by atoms with van der Waals surface area (Å²) in [5.41, 5.74) is 3.69. The van der Waals surface area contributed by atoms with Crippen molar-refractivity contribution in [3.63, 3.8) is 0 Å². The molecule has 0 saturated heterocycles. The molecule has 1 aromatic heterocycles. The summed E-state index contributed by atoms with van der Waals surface area (Å²) >= 11 is 0. The number of aryl methyl sites for hydroxylation is 1. The molecule has 0 spiro atoms. The number of aromatic nitrogens is 1. The van der Waals surface area contributed by atoms with Crippen LogP contribution in [0, 0.1) is 5.82 Å². The van der Waals surface area contributed by atoms with Gasteiger partial charge in [0, 0.05) is 12.8 Å². The smallest absolute Gasteiger partial charge is 0.220 e. The number of carbonyl (C=O) groups is 1. The summed E-state index contributed by atoms with van der Waals surface area (Å²) in [5, 5.41) is 3.00. The van der Waals surface area contributed by atoms with Gasteiger partial charge in [-0.3, -0.25) is 4.79 Å². The van der Waals surface area contributed by atoms with Crippen LogP contribution in [0.15, 0.2) is 89.5 Å². The third kappa shape index (κ3) is 5.07. The van der Waals surface area contributed by atoms with E-state index in [1.54, 1.807) is 18.2 Å². The van der Waals surface area contributed by atoms with Gasteiger partial charge in [0.15, 0.2) is 11.7 Å². The van der Waals surface area contributed by atoms with Crippen LogP contribution in [0.1, 0.15) is 30.8 Å². The molecular weight excluding hydrogens is 391 g/mol. The first-order valence-corrected chi connectivity index (χ1v) is 10.2. The molecule has 0 radical (unpaired) electrons. The molecule has 0 saturated carbocycles. The maximum atomic E-state index is 13.9. The highest BCUT2D eigenvalue weighted by molar-refractivity contribution is 5.76. The number of amides is 1. The van der Waals surface area contributed by atoms with Crippen molar-refractivity contribution in [2.24, 2.45) is 0 Å². The molecule has 0 bridgehead atoms. The van der Waals surface area contributed by atoms with Gasteiger partial charge < -0.3 is 9.73 Å². The van der Waals surface area contributed by atoms with E-state index in [4.69, 9.17) is 4.42 Å². The standard InChI is InChI=1S/C26H23FN2O2/c1-18(19-11-13-21(14-12-19)20-7-3-2-4-8-20)29-25(30)15-16-26-28-17-24(31-26)22-9-5-6-10-23(22)27/h2-14,17-18H,15-16H2,1H3,(H,29,30). The molecule has 1 amide bonds. The van der Waals surface area contributed by atoms with E-state index in [1.807, 2.05) is 37.3 Å². The van der Waals surface area contributed by atoms with Gasteiger partial charge in [-0.2, -0.15) is 0 Å². The quantitative estimate of drug-likeness (QED) is 0.406. The topological polar surface area (TPSA) is 55.1 Å². The second kappa shape index (κ2) is 9.39. The maximum Gasteiger partial charge on any atom is 0.220 e. The lowest BCUT2D eigenvalue weighted by molar-refractivity contribution is -0.121. The fourth-order valence-electron chi connectivity index (χ4n) is 3.42. The van der Waals surface area contributed by atoms with E-state index in [-0.39, 0.29) is 24.2 Å².